The second kappa shape index (κ2) is 5.85. The van der Waals surface area contributed by atoms with Gasteiger partial charge in [-0.1, -0.05) is 19.8 Å². The van der Waals surface area contributed by atoms with Crippen molar-refractivity contribution in [2.75, 3.05) is 6.54 Å². The van der Waals surface area contributed by atoms with Crippen LogP contribution in [0.4, 0.5) is 0 Å². The van der Waals surface area contributed by atoms with Crippen LogP contribution >= 0.6 is 11.6 Å². The Kier molecular flexibility index (Phi) is 4.58. The lowest BCUT2D eigenvalue weighted by Gasteiger charge is -2.26. The molecule has 2 rings (SSSR count). The number of sulfonamides is 1. The van der Waals surface area contributed by atoms with Crippen LogP contribution in [-0.4, -0.2) is 29.9 Å². The SMILES string of the molecule is CCN(C1CCCC1)S(=O)(=O)c1cc(CCl)n(C)c1. The summed E-state index contributed by atoms with van der Waals surface area (Å²) < 4.78 is 28.8. The molecule has 1 heterocycles. The molecule has 1 saturated carbocycles. The molecular formula is C13H21ClN2O2S. The molecule has 1 aromatic heterocycles. The van der Waals surface area contributed by atoms with Crippen LogP contribution in [0.3, 0.4) is 0 Å². The van der Waals surface area contributed by atoms with Crippen molar-refractivity contribution < 1.29 is 8.42 Å². The number of alkyl halides is 1. The van der Waals surface area contributed by atoms with Crippen molar-refractivity contribution >= 4 is 21.6 Å². The maximum atomic E-state index is 12.7. The molecule has 108 valence electrons. The van der Waals surface area contributed by atoms with Gasteiger partial charge in [-0.15, -0.1) is 11.6 Å². The minimum Gasteiger partial charge on any atom is -0.352 e. The smallest absolute Gasteiger partial charge is 0.244 e. The zero-order chi connectivity index (χ0) is 14.0. The van der Waals surface area contributed by atoms with Gasteiger partial charge in [0.1, 0.15) is 4.90 Å². The Morgan fingerprint density at radius 3 is 2.53 bits per heavy atom. The van der Waals surface area contributed by atoms with Crippen LogP contribution in [0.25, 0.3) is 0 Å². The third-order valence-corrected chi connectivity index (χ3v) is 6.14. The monoisotopic (exact) mass is 304 g/mol. The first-order chi connectivity index (χ1) is 9.00. The van der Waals surface area contributed by atoms with Crippen LogP contribution in [0.5, 0.6) is 0 Å². The van der Waals surface area contributed by atoms with E-state index in [2.05, 4.69) is 0 Å². The lowest BCUT2D eigenvalue weighted by atomic mass is 10.2. The van der Waals surface area contributed by atoms with E-state index in [9.17, 15) is 8.42 Å². The minimum absolute atomic E-state index is 0.162. The van der Waals surface area contributed by atoms with E-state index in [0.29, 0.717) is 17.3 Å². The van der Waals surface area contributed by atoms with E-state index in [4.69, 9.17) is 11.6 Å². The van der Waals surface area contributed by atoms with Gasteiger partial charge < -0.3 is 4.57 Å². The predicted octanol–water partition coefficient (Wildman–Crippen LogP) is 2.72. The third-order valence-electron chi connectivity index (χ3n) is 3.87. The standard InChI is InChI=1S/C13H21ClN2O2S/c1-3-16(11-6-4-5-7-11)19(17,18)13-8-12(9-14)15(2)10-13/h8,10-11H,3-7,9H2,1-2H3. The molecule has 0 unspecified atom stereocenters. The molecule has 0 amide bonds. The summed E-state index contributed by atoms with van der Waals surface area (Å²) in [6.07, 6.45) is 5.85. The quantitative estimate of drug-likeness (QED) is 0.785. The van der Waals surface area contributed by atoms with Crippen LogP contribution in [-0.2, 0) is 23.0 Å². The number of aromatic nitrogens is 1. The predicted molar refractivity (Wildman–Crippen MR) is 76.8 cm³/mol. The van der Waals surface area contributed by atoms with Crippen molar-refractivity contribution in [3.63, 3.8) is 0 Å². The number of aryl methyl sites for hydroxylation is 1. The third kappa shape index (κ3) is 2.83. The van der Waals surface area contributed by atoms with E-state index < -0.39 is 10.0 Å². The maximum Gasteiger partial charge on any atom is 0.244 e. The first-order valence-electron chi connectivity index (χ1n) is 6.73. The molecule has 0 spiro atoms. The number of hydrogen-bond acceptors (Lipinski definition) is 2. The molecule has 0 bridgehead atoms. The van der Waals surface area contributed by atoms with Gasteiger partial charge in [0.15, 0.2) is 0 Å². The molecule has 0 saturated heterocycles. The summed E-state index contributed by atoms with van der Waals surface area (Å²) in [7, 11) is -1.57. The fraction of sp³-hybridized carbons (Fsp3) is 0.692. The van der Waals surface area contributed by atoms with Crippen LogP contribution < -0.4 is 0 Å². The van der Waals surface area contributed by atoms with E-state index in [1.165, 1.54) is 0 Å². The highest BCUT2D eigenvalue weighted by Crippen LogP contribution is 2.29. The summed E-state index contributed by atoms with van der Waals surface area (Å²) in [5.41, 5.74) is 0.822. The first-order valence-corrected chi connectivity index (χ1v) is 8.71. The molecular weight excluding hydrogens is 284 g/mol. The molecule has 1 aromatic rings. The van der Waals surface area contributed by atoms with Crippen LogP contribution in [0, 0.1) is 0 Å². The van der Waals surface area contributed by atoms with Crippen molar-refractivity contribution in [3.8, 4) is 0 Å². The average Bonchev–Trinajstić information content (AvgIpc) is 2.99. The lowest BCUT2D eigenvalue weighted by molar-refractivity contribution is 0.335. The maximum absolute atomic E-state index is 12.7. The number of nitrogens with zero attached hydrogens (tertiary/aromatic N) is 2. The Morgan fingerprint density at radius 2 is 2.05 bits per heavy atom. The average molecular weight is 305 g/mol. The van der Waals surface area contributed by atoms with Gasteiger partial charge in [-0.25, -0.2) is 8.42 Å². The molecule has 0 N–H and O–H groups in total. The molecule has 1 aliphatic rings. The minimum atomic E-state index is -3.39. The molecule has 1 fully saturated rings. The Morgan fingerprint density at radius 1 is 1.42 bits per heavy atom. The number of rotatable bonds is 5. The van der Waals surface area contributed by atoms with Crippen molar-refractivity contribution in [3.05, 3.63) is 18.0 Å². The molecule has 19 heavy (non-hydrogen) atoms. The summed E-state index contributed by atoms with van der Waals surface area (Å²) >= 11 is 5.81. The van der Waals surface area contributed by atoms with Crippen LogP contribution in [0.1, 0.15) is 38.3 Å². The van der Waals surface area contributed by atoms with Crippen molar-refractivity contribution in [2.45, 2.75) is 49.4 Å². The van der Waals surface area contributed by atoms with Gasteiger partial charge in [0.25, 0.3) is 0 Å². The van der Waals surface area contributed by atoms with Gasteiger partial charge in [0, 0.05) is 31.5 Å². The highest BCUT2D eigenvalue weighted by atomic mass is 35.5. The zero-order valence-corrected chi connectivity index (χ0v) is 13.0. The summed E-state index contributed by atoms with van der Waals surface area (Å²) in [5.74, 6) is 0.321. The van der Waals surface area contributed by atoms with E-state index in [1.807, 2.05) is 14.0 Å². The largest absolute Gasteiger partial charge is 0.352 e. The van der Waals surface area contributed by atoms with Crippen molar-refractivity contribution in [2.24, 2.45) is 7.05 Å². The topological polar surface area (TPSA) is 42.3 Å². The Labute approximate surface area is 120 Å². The Hall–Kier alpha value is -0.520. The summed E-state index contributed by atoms with van der Waals surface area (Å²) in [5, 5.41) is 0. The van der Waals surface area contributed by atoms with Gasteiger partial charge in [0.05, 0.1) is 5.88 Å². The summed E-state index contributed by atoms with van der Waals surface area (Å²) in [4.78, 5) is 0.361. The molecule has 0 aliphatic heterocycles. The molecule has 0 aromatic carbocycles. The Balaban J connectivity index is 2.33. The first kappa shape index (κ1) is 14.9. The van der Waals surface area contributed by atoms with Gasteiger partial charge in [-0.3, -0.25) is 0 Å². The van der Waals surface area contributed by atoms with Crippen LogP contribution in [0.15, 0.2) is 17.2 Å². The fourth-order valence-electron chi connectivity index (χ4n) is 2.80. The second-order valence-corrected chi connectivity index (χ2v) is 7.22. The highest BCUT2D eigenvalue weighted by Gasteiger charge is 2.32. The normalized spacial score (nSPS) is 17.5. The molecule has 0 atom stereocenters. The number of hydrogen-bond donors (Lipinski definition) is 0. The summed E-state index contributed by atoms with van der Waals surface area (Å²) in [6.45, 7) is 2.43. The van der Waals surface area contributed by atoms with Crippen molar-refractivity contribution in [1.82, 2.24) is 8.87 Å². The second-order valence-electron chi connectivity index (χ2n) is 5.06. The van der Waals surface area contributed by atoms with Gasteiger partial charge >= 0.3 is 0 Å². The van der Waals surface area contributed by atoms with E-state index >= 15 is 0 Å². The van der Waals surface area contributed by atoms with Gasteiger partial charge in [-0.2, -0.15) is 4.31 Å². The van der Waals surface area contributed by atoms with E-state index in [1.54, 1.807) is 21.1 Å². The summed E-state index contributed by atoms with van der Waals surface area (Å²) in [6, 6.07) is 1.84. The zero-order valence-electron chi connectivity index (χ0n) is 11.5. The lowest BCUT2D eigenvalue weighted by Crippen LogP contribution is -2.38. The molecule has 0 radical (unpaired) electrons. The molecule has 1 aliphatic carbocycles. The molecule has 4 nitrogen and oxygen atoms in total. The fourth-order valence-corrected chi connectivity index (χ4v) is 4.86. The van der Waals surface area contributed by atoms with E-state index in [0.717, 1.165) is 31.4 Å². The highest BCUT2D eigenvalue weighted by molar-refractivity contribution is 7.89. The van der Waals surface area contributed by atoms with Gasteiger partial charge in [-0.05, 0) is 18.9 Å². The van der Waals surface area contributed by atoms with Gasteiger partial charge in [0.2, 0.25) is 10.0 Å². The van der Waals surface area contributed by atoms with E-state index in [-0.39, 0.29) is 6.04 Å². The number of halogens is 1. The Bertz CT molecular complexity index is 533. The van der Waals surface area contributed by atoms with Crippen LogP contribution in [0.2, 0.25) is 0 Å². The van der Waals surface area contributed by atoms with Crippen molar-refractivity contribution in [1.29, 1.82) is 0 Å². The molecule has 6 heteroatoms.